The number of nitrogens with zero attached hydrogens (tertiary/aromatic N) is 1. The van der Waals surface area contributed by atoms with Crippen molar-refractivity contribution in [2.24, 2.45) is 7.05 Å². The molecule has 0 aliphatic carbocycles. The summed E-state index contributed by atoms with van der Waals surface area (Å²) < 4.78 is 2.69. The van der Waals surface area contributed by atoms with Crippen LogP contribution in [0.15, 0.2) is 41.0 Å². The van der Waals surface area contributed by atoms with Gasteiger partial charge in [-0.25, -0.2) is 0 Å². The number of anilines is 1. The predicted molar refractivity (Wildman–Crippen MR) is 86.2 cm³/mol. The summed E-state index contributed by atoms with van der Waals surface area (Å²) >= 11 is 3.37. The lowest BCUT2D eigenvalue weighted by atomic mass is 9.87. The van der Waals surface area contributed by atoms with Gasteiger partial charge in [0, 0.05) is 23.4 Å². The van der Waals surface area contributed by atoms with E-state index in [1.54, 1.807) is 10.6 Å². The molecule has 20 heavy (non-hydrogen) atoms. The summed E-state index contributed by atoms with van der Waals surface area (Å²) in [5.74, 6) is -0.110. The molecule has 0 unspecified atom stereocenters. The molecule has 3 nitrogen and oxygen atoms in total. The Morgan fingerprint density at radius 1 is 1.20 bits per heavy atom. The number of halogens is 1. The van der Waals surface area contributed by atoms with Gasteiger partial charge in [0.1, 0.15) is 5.69 Å². The van der Waals surface area contributed by atoms with E-state index < -0.39 is 0 Å². The highest BCUT2D eigenvalue weighted by atomic mass is 79.9. The Labute approximate surface area is 128 Å². The molecule has 0 saturated heterocycles. The fourth-order valence-corrected chi connectivity index (χ4v) is 2.52. The van der Waals surface area contributed by atoms with E-state index >= 15 is 0 Å². The van der Waals surface area contributed by atoms with Gasteiger partial charge in [-0.15, -0.1) is 0 Å². The lowest BCUT2D eigenvalue weighted by molar-refractivity contribution is 0.101. The second kappa shape index (κ2) is 5.44. The number of carbonyl (C=O) groups is 1. The molecule has 1 aromatic carbocycles. The second-order valence-electron chi connectivity index (χ2n) is 5.94. The van der Waals surface area contributed by atoms with Gasteiger partial charge in [-0.05, 0) is 45.1 Å². The van der Waals surface area contributed by atoms with Gasteiger partial charge >= 0.3 is 0 Å². The Morgan fingerprint density at radius 2 is 1.80 bits per heavy atom. The summed E-state index contributed by atoms with van der Waals surface area (Å²) in [7, 11) is 1.85. The molecular weight excluding hydrogens is 316 g/mol. The summed E-state index contributed by atoms with van der Waals surface area (Å²) in [4.78, 5) is 12.2. The Kier molecular flexibility index (Phi) is 4.04. The molecule has 1 heterocycles. The molecule has 1 N–H and O–H groups in total. The highest BCUT2D eigenvalue weighted by Crippen LogP contribution is 2.24. The molecule has 4 heteroatoms. The number of hydrogen-bond acceptors (Lipinski definition) is 1. The van der Waals surface area contributed by atoms with Crippen molar-refractivity contribution in [1.29, 1.82) is 0 Å². The van der Waals surface area contributed by atoms with Crippen molar-refractivity contribution in [3.63, 3.8) is 0 Å². The Balaban J connectivity index is 2.14. The Morgan fingerprint density at radius 3 is 2.25 bits per heavy atom. The van der Waals surface area contributed by atoms with E-state index in [1.807, 2.05) is 25.4 Å². The number of amides is 1. The van der Waals surface area contributed by atoms with Gasteiger partial charge < -0.3 is 9.88 Å². The van der Waals surface area contributed by atoms with Gasteiger partial charge in [0.15, 0.2) is 0 Å². The summed E-state index contributed by atoms with van der Waals surface area (Å²) in [6.45, 7) is 6.51. The molecule has 1 aromatic heterocycles. The number of rotatable bonds is 2. The van der Waals surface area contributed by atoms with Crippen LogP contribution in [0.1, 0.15) is 36.8 Å². The highest BCUT2D eigenvalue weighted by molar-refractivity contribution is 9.10. The first-order valence-electron chi connectivity index (χ1n) is 6.51. The molecule has 1 amide bonds. The normalized spacial score (nSPS) is 11.4. The largest absolute Gasteiger partial charge is 0.345 e. The van der Waals surface area contributed by atoms with Crippen LogP contribution in [0.3, 0.4) is 0 Å². The predicted octanol–water partition coefficient (Wildman–Crippen LogP) is 4.34. The van der Waals surface area contributed by atoms with Crippen molar-refractivity contribution in [2.75, 3.05) is 5.32 Å². The maximum Gasteiger partial charge on any atom is 0.272 e. The minimum absolute atomic E-state index is 0.110. The third-order valence-corrected chi connectivity index (χ3v) is 3.65. The van der Waals surface area contributed by atoms with Crippen LogP contribution in [0.25, 0.3) is 0 Å². The van der Waals surface area contributed by atoms with E-state index in [-0.39, 0.29) is 11.3 Å². The maximum atomic E-state index is 12.2. The Hall–Kier alpha value is -1.55. The van der Waals surface area contributed by atoms with Crippen LogP contribution in [0, 0.1) is 0 Å². The van der Waals surface area contributed by atoms with Crippen LogP contribution >= 0.6 is 15.9 Å². The van der Waals surface area contributed by atoms with E-state index in [1.165, 1.54) is 5.56 Å². The van der Waals surface area contributed by atoms with Crippen molar-refractivity contribution >= 4 is 27.5 Å². The number of hydrogen-bond donors (Lipinski definition) is 1. The number of carbonyl (C=O) groups excluding carboxylic acids is 1. The van der Waals surface area contributed by atoms with Crippen LogP contribution in [0.5, 0.6) is 0 Å². The molecule has 2 aromatic rings. The molecule has 0 aliphatic rings. The van der Waals surface area contributed by atoms with Crippen LogP contribution in [0.2, 0.25) is 0 Å². The zero-order chi connectivity index (χ0) is 14.9. The topological polar surface area (TPSA) is 34.0 Å². The Bertz CT molecular complexity index is 621. The summed E-state index contributed by atoms with van der Waals surface area (Å²) in [5.41, 5.74) is 2.79. The first-order valence-corrected chi connectivity index (χ1v) is 7.30. The summed E-state index contributed by atoms with van der Waals surface area (Å²) in [5, 5.41) is 2.91. The molecule has 0 fully saturated rings. The van der Waals surface area contributed by atoms with Crippen LogP contribution in [-0.4, -0.2) is 10.5 Å². The van der Waals surface area contributed by atoms with E-state index in [2.05, 4.69) is 54.2 Å². The van der Waals surface area contributed by atoms with E-state index in [4.69, 9.17) is 0 Å². The van der Waals surface area contributed by atoms with E-state index in [0.717, 1.165) is 10.2 Å². The standard InChI is InChI=1S/C16H19BrN2O/c1-16(2,3)11-5-7-13(8-6-11)18-15(20)14-9-12(17)10-19(14)4/h5-10H,1-4H3,(H,18,20). The lowest BCUT2D eigenvalue weighted by Gasteiger charge is -2.19. The van der Waals surface area contributed by atoms with Crippen molar-refractivity contribution in [2.45, 2.75) is 26.2 Å². The zero-order valence-corrected chi connectivity index (χ0v) is 13.8. The average Bonchev–Trinajstić information content (AvgIpc) is 2.68. The van der Waals surface area contributed by atoms with E-state index in [0.29, 0.717) is 5.69 Å². The smallest absolute Gasteiger partial charge is 0.272 e. The fourth-order valence-electron chi connectivity index (χ4n) is 2.00. The zero-order valence-electron chi connectivity index (χ0n) is 12.2. The molecule has 0 bridgehead atoms. The minimum Gasteiger partial charge on any atom is -0.345 e. The average molecular weight is 335 g/mol. The molecule has 0 aliphatic heterocycles. The first kappa shape index (κ1) is 14.9. The number of nitrogens with one attached hydrogen (secondary N) is 1. The molecular formula is C16H19BrN2O. The highest BCUT2D eigenvalue weighted by Gasteiger charge is 2.14. The van der Waals surface area contributed by atoms with Crippen molar-refractivity contribution < 1.29 is 4.79 Å². The number of aryl methyl sites for hydroxylation is 1. The van der Waals surface area contributed by atoms with Gasteiger partial charge in [-0.2, -0.15) is 0 Å². The third kappa shape index (κ3) is 3.31. The van der Waals surface area contributed by atoms with Gasteiger partial charge in [0.2, 0.25) is 0 Å². The molecule has 0 radical (unpaired) electrons. The van der Waals surface area contributed by atoms with Gasteiger partial charge in [0.05, 0.1) is 0 Å². The molecule has 0 spiro atoms. The monoisotopic (exact) mass is 334 g/mol. The van der Waals surface area contributed by atoms with Crippen LogP contribution in [-0.2, 0) is 12.5 Å². The van der Waals surface area contributed by atoms with Crippen molar-refractivity contribution in [1.82, 2.24) is 4.57 Å². The second-order valence-corrected chi connectivity index (χ2v) is 6.85. The van der Waals surface area contributed by atoms with Gasteiger partial charge in [-0.3, -0.25) is 4.79 Å². The summed E-state index contributed by atoms with van der Waals surface area (Å²) in [6, 6.07) is 9.79. The van der Waals surface area contributed by atoms with E-state index in [9.17, 15) is 4.79 Å². The maximum absolute atomic E-state index is 12.2. The van der Waals surface area contributed by atoms with Gasteiger partial charge in [0.25, 0.3) is 5.91 Å². The quantitative estimate of drug-likeness (QED) is 0.870. The number of aromatic nitrogens is 1. The lowest BCUT2D eigenvalue weighted by Crippen LogP contribution is -2.16. The minimum atomic E-state index is -0.110. The van der Waals surface area contributed by atoms with Crippen molar-refractivity contribution in [3.8, 4) is 0 Å². The molecule has 0 atom stereocenters. The van der Waals surface area contributed by atoms with Gasteiger partial charge in [-0.1, -0.05) is 32.9 Å². The summed E-state index contributed by atoms with van der Waals surface area (Å²) in [6.07, 6.45) is 1.86. The van der Waals surface area contributed by atoms with Crippen molar-refractivity contribution in [3.05, 3.63) is 52.3 Å². The SMILES string of the molecule is Cn1cc(Br)cc1C(=O)Nc1ccc(C(C)(C)C)cc1. The molecule has 0 saturated carbocycles. The third-order valence-electron chi connectivity index (χ3n) is 3.21. The molecule has 2 rings (SSSR count). The number of benzene rings is 1. The van der Waals surface area contributed by atoms with Crippen LogP contribution in [0.4, 0.5) is 5.69 Å². The van der Waals surface area contributed by atoms with Crippen LogP contribution < -0.4 is 5.32 Å². The fraction of sp³-hybridized carbons (Fsp3) is 0.312. The first-order chi connectivity index (χ1) is 9.27. The molecule has 106 valence electrons.